The van der Waals surface area contributed by atoms with E-state index in [9.17, 15) is 79.4 Å². The largest absolute Gasteiger partial charge is 0.396 e. The minimum absolute atomic E-state index is 0.0319. The van der Waals surface area contributed by atoms with Gasteiger partial charge in [0.05, 0.1) is 138 Å². The molecule has 0 radical (unpaired) electrons. The lowest BCUT2D eigenvalue weighted by Gasteiger charge is -2.19. The molecule has 48 heteroatoms. The van der Waals surface area contributed by atoms with Crippen molar-refractivity contribution in [3.63, 3.8) is 0 Å². The van der Waals surface area contributed by atoms with Gasteiger partial charge in [-0.1, -0.05) is 33.5 Å². The summed E-state index contributed by atoms with van der Waals surface area (Å²) in [5.74, 6) is -4.91. The number of hydrogen-bond donors (Lipinski definition) is 17. The Labute approximate surface area is 853 Å². The van der Waals surface area contributed by atoms with Crippen LogP contribution in [0.2, 0.25) is 5.02 Å². The summed E-state index contributed by atoms with van der Waals surface area (Å²) in [4.78, 5) is 152. The first kappa shape index (κ1) is 110. The number of amides is 5. The number of anilines is 10. The molecule has 15 rings (SSSR count). The van der Waals surface area contributed by atoms with E-state index in [1.807, 2.05) is 67.8 Å². The van der Waals surface area contributed by atoms with Crippen molar-refractivity contribution in [1.82, 2.24) is 50.2 Å². The van der Waals surface area contributed by atoms with Gasteiger partial charge in [-0.2, -0.15) is 4.39 Å². The summed E-state index contributed by atoms with van der Waals surface area (Å²) in [6.07, 6.45) is 9.28. The number of nitrogens with one attached hydrogen (secondary N) is 10. The number of carbonyl (C=O) groups is 5. The lowest BCUT2D eigenvalue weighted by Crippen LogP contribution is -2.35. The molecule has 0 aliphatic carbocycles. The predicted molar refractivity (Wildman–Crippen MR) is 536 cm³/mol. The van der Waals surface area contributed by atoms with Crippen LogP contribution in [0.1, 0.15) is 141 Å². The van der Waals surface area contributed by atoms with Crippen LogP contribution in [0.3, 0.4) is 0 Å². The third kappa shape index (κ3) is 26.7. The number of hydrogen-bond acceptors (Lipinski definition) is 27. The maximum absolute atomic E-state index is 14.8. The van der Waals surface area contributed by atoms with Crippen LogP contribution in [0.5, 0.6) is 0 Å². The van der Waals surface area contributed by atoms with Gasteiger partial charge in [0.2, 0.25) is 5.82 Å². The average Bonchev–Trinajstić information content (AvgIpc) is 1.70. The van der Waals surface area contributed by atoms with E-state index in [2.05, 4.69) is 75.8 Å². The van der Waals surface area contributed by atoms with Gasteiger partial charge < -0.3 is 85.2 Å². The first-order valence-corrected chi connectivity index (χ1v) is 48.0. The summed E-state index contributed by atoms with van der Waals surface area (Å²) in [7, 11) is 0. The van der Waals surface area contributed by atoms with Crippen LogP contribution >= 0.6 is 95.3 Å². The highest BCUT2D eigenvalue weighted by Gasteiger charge is 2.36. The number of fused-ring (bicyclic) bond motifs is 5. The fourth-order valence-electron chi connectivity index (χ4n) is 15.7. The van der Waals surface area contributed by atoms with Gasteiger partial charge in [-0.3, -0.25) is 72.1 Å². The lowest BCUT2D eigenvalue weighted by atomic mass is 10.0. The zero-order valence-electron chi connectivity index (χ0n) is 75.4. The molecule has 5 aromatic heterocycles. The van der Waals surface area contributed by atoms with Gasteiger partial charge in [0.25, 0.3) is 57.3 Å². The average molecular weight is 2390 g/mol. The van der Waals surface area contributed by atoms with Crippen LogP contribution in [-0.2, 0) is 89.0 Å². The van der Waals surface area contributed by atoms with Crippen molar-refractivity contribution in [3.05, 3.63) is 276 Å². The molecule has 10 aromatic rings. The summed E-state index contributed by atoms with van der Waals surface area (Å²) in [5, 5.41) is 76.5. The molecular weight excluding hydrogens is 2290 g/mol. The number of carbonyl (C=O) groups excluding carboxylic acids is 5. The molecule has 1 atom stereocenters. The van der Waals surface area contributed by atoms with E-state index >= 15 is 0 Å². The number of terminal acetylenes is 1. The summed E-state index contributed by atoms with van der Waals surface area (Å²) in [6, 6.07) is 22.0. The number of pyridine rings is 5. The molecule has 0 spiro atoms. The SMILES string of the molecule is C#Cc1ccc(Nc2c(C(=O)NOCCO)c3n(c(=O)c2C)CCC3)c(F)c1.Cc1c(Nc2ccc(Br)cc2F)c(C(=O)NOCCO)c2n(c1=O)CCC2.Cc1c(Nc2ccc(I)cc2F)c(C(=O)NOC[C@H](O)CO)c2n(c1=O)CCC2.O=C(NOC(CO)CO)c1c(Nc2ccc(I)cc2F)c(Cl)c(=O)n2c1CCC2.O=C(NOCCCO)c1c(Nc2ccc(I)cc2F)c(F)c(=O)n2c1CCC2. The normalized spacial score (nSPS) is 12.9. The second-order valence-corrected chi connectivity index (χ2v) is 36.8. The molecule has 0 bridgehead atoms. The Kier molecular flexibility index (Phi) is 40.4. The number of nitrogens with zero attached hydrogens (tertiary/aromatic N) is 5. The first-order chi connectivity index (χ1) is 67.5. The van der Waals surface area contributed by atoms with Gasteiger partial charge in [0.1, 0.15) is 52.9 Å². The molecule has 10 heterocycles. The highest BCUT2D eigenvalue weighted by atomic mass is 127. The number of halogens is 11. The van der Waals surface area contributed by atoms with Crippen LogP contribution < -0.4 is 81.8 Å². The third-order valence-corrected chi connectivity index (χ3v) is 25.2. The van der Waals surface area contributed by atoms with E-state index in [1.54, 1.807) is 64.8 Å². The van der Waals surface area contributed by atoms with Crippen molar-refractivity contribution in [1.29, 1.82) is 0 Å². The topological polar surface area (TPSA) is 503 Å². The van der Waals surface area contributed by atoms with Gasteiger partial charge in [0, 0.05) is 105 Å². The molecule has 752 valence electrons. The fraction of sp³-hybridized carbons (Fsp3) is 0.333. The second kappa shape index (κ2) is 51.7. The minimum Gasteiger partial charge on any atom is -0.396 e. The van der Waals surface area contributed by atoms with Gasteiger partial charge in [-0.05, 0) is 250 Å². The van der Waals surface area contributed by atoms with Crippen molar-refractivity contribution in [2.24, 2.45) is 0 Å². The van der Waals surface area contributed by atoms with Crippen LogP contribution in [-0.4, -0.2) is 166 Å². The van der Waals surface area contributed by atoms with Crippen molar-refractivity contribution in [3.8, 4) is 12.3 Å². The molecule has 0 unspecified atom stereocenters. The van der Waals surface area contributed by atoms with Crippen molar-refractivity contribution in [2.75, 3.05) is 92.7 Å². The Bertz CT molecular complexity index is 6770. The standard InChI is InChI=1S/C20H20FN3O4.C19H21FIN3O5.C18H19BrFN3O4.C18H18ClFIN3O5.C18H18F2IN3O4/c1-3-13-6-7-15(14(21)11-13)22-18-12(2)20(27)24-8-4-5-16(24)17(18)19(26)23-28-10-9-25;1-10-17(22-14-5-4-11(21)7-13(14)20)16(15-3-2-6-24(15)19(10)28)18(27)23-29-9-12(26)8-25;1-10-16(21-13-5-4-11(19)9-12(13)20)15(17(25)22-27-8-7-24)14-3-2-6-23(14)18(10)26;19-15-16(22-12-4-3-9(21)6-11(12)20)14(13-2-1-5-24(13)18(15)28)17(27)23-29-10(7-25)8-26;19-11-9-10(21)4-5-12(11)22-16-14(17(26)23-28-8-2-7-25)13-3-1-6-24(13)18(27)15(16)20/h1,6-7,11,22,25H,4-5,8-10H2,2H3,(H,23,26);4-5,7,12,22,25-26H,2-3,6,8-9H2,1H3,(H,23,27);4-5,9,21,24H,2-3,6-8H2,1H3,(H,22,25);3-4,6,10,22,25-26H,1-2,5,7-8H2,(H,23,27);4-5,9,22,25H,1-3,6-8H2,(H,23,26)/t;12-;;;/m.1.../s1. The summed E-state index contributed by atoms with van der Waals surface area (Å²) in [6.45, 7) is 4.46. The first-order valence-electron chi connectivity index (χ1n) is 43.6. The predicted octanol–water partition coefficient (Wildman–Crippen LogP) is 10.0. The molecule has 5 aromatic carbocycles. The molecule has 0 saturated heterocycles. The van der Waals surface area contributed by atoms with Gasteiger partial charge in [-0.15, -0.1) is 6.42 Å². The maximum Gasteiger partial charge on any atom is 0.289 e. The Morgan fingerprint density at radius 2 is 0.738 bits per heavy atom. The highest BCUT2D eigenvalue weighted by Crippen LogP contribution is 2.39. The van der Waals surface area contributed by atoms with E-state index in [0.717, 1.165) is 12.8 Å². The van der Waals surface area contributed by atoms with Crippen molar-refractivity contribution >= 4 is 182 Å². The molecule has 37 nitrogen and oxygen atoms in total. The van der Waals surface area contributed by atoms with E-state index in [-0.39, 0.29) is 158 Å². The number of aromatic nitrogens is 5. The second-order valence-electron chi connectivity index (χ2n) is 31.7. The monoisotopic (exact) mass is 2380 g/mol. The van der Waals surface area contributed by atoms with Gasteiger partial charge in [-0.25, -0.2) is 49.4 Å². The summed E-state index contributed by atoms with van der Waals surface area (Å²) in [5.41, 5.74) is 14.1. The Balaban J connectivity index is 0.000000168. The Morgan fingerprint density at radius 3 is 1.09 bits per heavy atom. The van der Waals surface area contributed by atoms with Gasteiger partial charge in [0.15, 0.2) is 0 Å². The Hall–Kier alpha value is -11.2. The number of hydroxylamine groups is 5. The molecular formula is C93H96BrClF6I3N15O22. The van der Waals surface area contributed by atoms with E-state index < -0.39 is 108 Å². The fourth-order valence-corrected chi connectivity index (χ4v) is 17.6. The van der Waals surface area contributed by atoms with Crippen molar-refractivity contribution < 1.29 is 110 Å². The Morgan fingerprint density at radius 1 is 0.418 bits per heavy atom. The van der Waals surface area contributed by atoms with Gasteiger partial charge >= 0.3 is 0 Å². The molecule has 141 heavy (non-hydrogen) atoms. The molecule has 5 amide bonds. The molecule has 0 saturated carbocycles. The number of benzene rings is 5. The summed E-state index contributed by atoms with van der Waals surface area (Å²) >= 11 is 15.3. The molecule has 17 N–H and O–H groups in total. The zero-order valence-corrected chi connectivity index (χ0v) is 84.2. The van der Waals surface area contributed by atoms with Crippen LogP contribution in [0.25, 0.3) is 0 Å². The van der Waals surface area contributed by atoms with E-state index in [4.69, 9.17) is 72.9 Å². The number of aliphatic hydroxyl groups is 7. The number of rotatable bonds is 33. The van der Waals surface area contributed by atoms with Crippen LogP contribution in [0, 0.1) is 78.7 Å². The van der Waals surface area contributed by atoms with Crippen molar-refractivity contribution in [2.45, 2.75) is 136 Å². The smallest absolute Gasteiger partial charge is 0.289 e. The molecule has 5 aliphatic heterocycles. The van der Waals surface area contributed by atoms with Crippen LogP contribution in [0.15, 0.2) is 119 Å². The maximum atomic E-state index is 14.8. The third-order valence-electron chi connectivity index (χ3n) is 22.4. The van der Waals surface area contributed by atoms with E-state index in [0.29, 0.717) is 151 Å². The molecule has 5 aliphatic rings. The summed E-state index contributed by atoms with van der Waals surface area (Å²) < 4.78 is 96.4. The van der Waals surface area contributed by atoms with E-state index in [1.165, 1.54) is 69.8 Å². The lowest BCUT2D eigenvalue weighted by molar-refractivity contribution is -0.0619. The number of aliphatic hydroxyl groups excluding tert-OH is 7. The minimum atomic E-state index is -1.16. The molecule has 0 fully saturated rings. The van der Waals surface area contributed by atoms with Crippen LogP contribution in [0.4, 0.5) is 83.2 Å². The highest BCUT2D eigenvalue weighted by molar-refractivity contribution is 14.1. The zero-order chi connectivity index (χ0) is 102. The quantitative estimate of drug-likeness (QED) is 0.00597.